The van der Waals surface area contributed by atoms with E-state index in [-0.39, 0.29) is 78.7 Å². The third-order valence-corrected chi connectivity index (χ3v) is 0.232. The van der Waals surface area contributed by atoms with E-state index in [4.69, 9.17) is 10.2 Å². The molecule has 1 rings (SSSR count). The molecule has 7 heavy (non-hydrogen) atoms. The van der Waals surface area contributed by atoms with Crippen molar-refractivity contribution in [2.75, 3.05) is 0 Å². The predicted molar refractivity (Wildman–Crippen MR) is 18.4 cm³/mol. The number of hydrogen-bond donors (Lipinski definition) is 2. The fraction of sp³-hybridized carbons (Fsp3) is 1.00. The third-order valence-electron chi connectivity index (χ3n) is 0.232. The molecule has 0 aliphatic carbocycles. The molecule has 0 radical (unpaired) electrons. The summed E-state index contributed by atoms with van der Waals surface area (Å²) in [5.41, 5.74) is 0. The Balaban J connectivity index is -0.0000000167. The van der Waals surface area contributed by atoms with Gasteiger partial charge < -0.3 is 14.5 Å². The molecule has 0 spiro atoms. The molecular formula is CH5KMgO4. The van der Waals surface area contributed by atoms with Gasteiger partial charge in [0.15, 0.2) is 0 Å². The molecular weight excluding hydrogens is 139 g/mol. The van der Waals surface area contributed by atoms with Gasteiger partial charge in [-0.05, 0) is 0 Å². The summed E-state index contributed by atoms with van der Waals surface area (Å²) in [6.07, 6.45) is -2.25. The van der Waals surface area contributed by atoms with E-state index in [9.17, 15) is 0 Å². The van der Waals surface area contributed by atoms with Gasteiger partial charge in [-0.2, -0.15) is 0 Å². The molecule has 2 N–H and O–H groups in total. The summed E-state index contributed by atoms with van der Waals surface area (Å²) in [5.74, 6) is 0. The standard InChI is InChI=1S/CH2O4.K.Mg.3H/c2-1(3)4-5-1;;;;;/h2-3H;;;;;/q;+1;+2;3*-1. The van der Waals surface area contributed by atoms with Gasteiger partial charge in [-0.15, -0.1) is 9.78 Å². The summed E-state index contributed by atoms with van der Waals surface area (Å²) in [7, 11) is 0. The Morgan fingerprint density at radius 1 is 1.29 bits per heavy atom. The predicted octanol–water partition coefficient (Wildman–Crippen LogP) is -4.50. The quantitative estimate of drug-likeness (QED) is 0.156. The summed E-state index contributed by atoms with van der Waals surface area (Å²) in [5, 5.41) is 15.5. The van der Waals surface area contributed by atoms with E-state index >= 15 is 0 Å². The monoisotopic (exact) mass is 144 g/mol. The Kier molecular flexibility index (Phi) is 7.05. The number of hydrogen-bond acceptors (Lipinski definition) is 4. The number of aliphatic hydroxyl groups is 2. The summed E-state index contributed by atoms with van der Waals surface area (Å²) in [4.78, 5) is 7.01. The first-order chi connectivity index (χ1) is 2.21. The van der Waals surface area contributed by atoms with Crippen LogP contribution in [0.25, 0.3) is 0 Å². The molecule has 0 saturated carbocycles. The van der Waals surface area contributed by atoms with Crippen LogP contribution in [0, 0.1) is 0 Å². The molecule has 1 saturated heterocycles. The van der Waals surface area contributed by atoms with Gasteiger partial charge in [-0.3, -0.25) is 0 Å². The normalized spacial score (nSPS) is 21.4. The molecule has 6 heteroatoms. The van der Waals surface area contributed by atoms with Crippen molar-refractivity contribution in [1.82, 2.24) is 0 Å². The van der Waals surface area contributed by atoms with Crippen LogP contribution < -0.4 is 51.4 Å². The minimum atomic E-state index is -2.25. The van der Waals surface area contributed by atoms with E-state index in [0.717, 1.165) is 0 Å². The second-order valence-corrected chi connectivity index (χ2v) is 0.715. The van der Waals surface area contributed by atoms with Crippen LogP contribution in [0.2, 0.25) is 0 Å². The summed E-state index contributed by atoms with van der Waals surface area (Å²) in [6, 6.07) is 0. The Morgan fingerprint density at radius 2 is 1.43 bits per heavy atom. The van der Waals surface area contributed by atoms with Crippen LogP contribution in [0.3, 0.4) is 0 Å². The van der Waals surface area contributed by atoms with E-state index in [0.29, 0.717) is 0 Å². The van der Waals surface area contributed by atoms with Crippen molar-refractivity contribution in [1.29, 1.82) is 0 Å². The van der Waals surface area contributed by atoms with Crippen molar-refractivity contribution >= 4 is 23.1 Å². The molecule has 36 valence electrons. The van der Waals surface area contributed by atoms with Crippen molar-refractivity contribution < 1.29 is 75.7 Å². The summed E-state index contributed by atoms with van der Waals surface area (Å²) < 4.78 is 0. The van der Waals surface area contributed by atoms with E-state index in [1.165, 1.54) is 0 Å². The molecule has 0 aromatic carbocycles. The van der Waals surface area contributed by atoms with Crippen LogP contribution in [-0.2, 0) is 9.78 Å². The molecule has 0 amide bonds. The first kappa shape index (κ1) is 12.0. The van der Waals surface area contributed by atoms with Crippen LogP contribution in [0.4, 0.5) is 0 Å². The smallest absolute Gasteiger partial charge is 1.00 e. The summed E-state index contributed by atoms with van der Waals surface area (Å²) in [6.45, 7) is 0. The van der Waals surface area contributed by atoms with Gasteiger partial charge in [-0.25, -0.2) is 0 Å². The molecule has 1 heterocycles. The first-order valence-corrected chi connectivity index (χ1v) is 1.02. The Morgan fingerprint density at radius 3 is 1.43 bits per heavy atom. The van der Waals surface area contributed by atoms with E-state index in [1.54, 1.807) is 0 Å². The van der Waals surface area contributed by atoms with Crippen LogP contribution in [0.15, 0.2) is 0 Å². The minimum absolute atomic E-state index is 0. The zero-order valence-corrected chi connectivity index (χ0v) is 8.46. The van der Waals surface area contributed by atoms with Crippen molar-refractivity contribution in [2.24, 2.45) is 0 Å². The molecule has 0 bridgehead atoms. The van der Waals surface area contributed by atoms with E-state index < -0.39 is 6.16 Å². The van der Waals surface area contributed by atoms with Gasteiger partial charge in [0.1, 0.15) is 0 Å². The zero-order chi connectivity index (χ0) is 3.91. The molecule has 0 aromatic heterocycles. The van der Waals surface area contributed by atoms with Crippen molar-refractivity contribution in [2.45, 2.75) is 6.16 Å². The second kappa shape index (κ2) is 4.12. The summed E-state index contributed by atoms with van der Waals surface area (Å²) >= 11 is 0. The maximum Gasteiger partial charge on any atom is 2.00 e. The molecule has 4 nitrogen and oxygen atoms in total. The van der Waals surface area contributed by atoms with Gasteiger partial charge in [-0.1, -0.05) is 0 Å². The van der Waals surface area contributed by atoms with Crippen LogP contribution in [-0.4, -0.2) is 39.4 Å². The molecule has 0 unspecified atom stereocenters. The largest absolute Gasteiger partial charge is 2.00 e. The Hall–Kier alpha value is 2.24. The van der Waals surface area contributed by atoms with Crippen LogP contribution in [0.5, 0.6) is 0 Å². The van der Waals surface area contributed by atoms with E-state index in [2.05, 4.69) is 9.78 Å². The average molecular weight is 144 g/mol. The Bertz CT molecular complexity index is 58.5. The topological polar surface area (TPSA) is 65.5 Å². The fourth-order valence-electron chi connectivity index (χ4n) is 0.0373. The van der Waals surface area contributed by atoms with Gasteiger partial charge in [0, 0.05) is 0 Å². The maximum absolute atomic E-state index is 7.74. The van der Waals surface area contributed by atoms with Crippen LogP contribution in [0.1, 0.15) is 4.28 Å². The third kappa shape index (κ3) is 6.12. The molecule has 0 atom stereocenters. The average Bonchev–Trinajstić information content (AvgIpc) is 1.76. The molecule has 1 fully saturated rings. The second-order valence-electron chi connectivity index (χ2n) is 0.715. The van der Waals surface area contributed by atoms with Crippen LogP contribution >= 0.6 is 0 Å². The Labute approximate surface area is 103 Å². The molecule has 0 aromatic rings. The number of rotatable bonds is 0. The van der Waals surface area contributed by atoms with Crippen molar-refractivity contribution in [3.05, 3.63) is 0 Å². The first-order valence-electron chi connectivity index (χ1n) is 1.02. The van der Waals surface area contributed by atoms with Gasteiger partial charge >= 0.3 is 80.6 Å². The van der Waals surface area contributed by atoms with E-state index in [1.807, 2.05) is 0 Å². The van der Waals surface area contributed by atoms with Crippen molar-refractivity contribution in [3.8, 4) is 0 Å². The van der Waals surface area contributed by atoms with Gasteiger partial charge in [0.25, 0.3) is 0 Å². The van der Waals surface area contributed by atoms with Crippen molar-refractivity contribution in [3.63, 3.8) is 0 Å². The van der Waals surface area contributed by atoms with Gasteiger partial charge in [0.2, 0.25) is 0 Å². The SMILES string of the molecule is OC1(O)OO1.[H-].[H-].[H-].[K+].[Mg+2]. The molecule has 1 aliphatic rings. The maximum atomic E-state index is 7.74. The minimum Gasteiger partial charge on any atom is -1.00 e. The van der Waals surface area contributed by atoms with Gasteiger partial charge in [0.05, 0.1) is 0 Å². The fourth-order valence-corrected chi connectivity index (χ4v) is 0.0373. The zero-order valence-electron chi connectivity index (χ0n) is 6.92. The molecule has 1 aliphatic heterocycles.